The van der Waals surface area contributed by atoms with E-state index in [9.17, 15) is 13.2 Å². The third-order valence-electron chi connectivity index (χ3n) is 4.61. The van der Waals surface area contributed by atoms with E-state index in [2.05, 4.69) is 19.9 Å². The zero-order valence-corrected chi connectivity index (χ0v) is 15.1. The Balaban J connectivity index is 1.47. The highest BCUT2D eigenvalue weighted by Gasteiger charge is 2.33. The fraction of sp³-hybridized carbons (Fsp3) is 0.333. The molecule has 1 aliphatic heterocycles. The number of rotatable bonds is 3. The van der Waals surface area contributed by atoms with Crippen LogP contribution in [0.5, 0.6) is 0 Å². The van der Waals surface area contributed by atoms with Gasteiger partial charge >= 0.3 is 6.18 Å². The summed E-state index contributed by atoms with van der Waals surface area (Å²) in [6, 6.07) is 6.64. The van der Waals surface area contributed by atoms with Crippen LogP contribution in [0.15, 0.2) is 42.9 Å². The summed E-state index contributed by atoms with van der Waals surface area (Å²) in [5, 5.41) is 0. The molecule has 4 rings (SSSR count). The normalized spacial score (nSPS) is 15.1. The number of hydrogen-bond acceptors (Lipinski definition) is 6. The second kappa shape index (κ2) is 7.10. The zero-order valence-electron chi connectivity index (χ0n) is 15.1. The Labute approximate surface area is 159 Å². The van der Waals surface area contributed by atoms with Crippen LogP contribution in [-0.4, -0.2) is 50.7 Å². The van der Waals surface area contributed by atoms with Crippen LogP contribution in [-0.2, 0) is 6.18 Å². The predicted molar refractivity (Wildman–Crippen MR) is 97.6 cm³/mol. The third-order valence-corrected chi connectivity index (χ3v) is 4.61. The van der Waals surface area contributed by atoms with Gasteiger partial charge in [-0.2, -0.15) is 13.2 Å². The topological polar surface area (TPSA) is 63.0 Å². The van der Waals surface area contributed by atoms with Crippen molar-refractivity contribution < 1.29 is 13.2 Å². The maximum atomic E-state index is 12.9. The smallest absolute Gasteiger partial charge is 0.353 e. The van der Waals surface area contributed by atoms with E-state index < -0.39 is 11.9 Å². The van der Waals surface area contributed by atoms with Crippen LogP contribution in [0.25, 0.3) is 5.82 Å². The summed E-state index contributed by atoms with van der Waals surface area (Å²) >= 11 is 0. The molecule has 0 saturated carbocycles. The van der Waals surface area contributed by atoms with Gasteiger partial charge in [-0.1, -0.05) is 6.07 Å². The van der Waals surface area contributed by atoms with Crippen molar-refractivity contribution in [3.05, 3.63) is 54.4 Å². The number of anilines is 2. The number of piperazine rings is 1. The van der Waals surface area contributed by atoms with E-state index in [4.69, 9.17) is 4.98 Å². The molecule has 0 N–H and O–H groups in total. The first kappa shape index (κ1) is 18.2. The first-order valence-electron chi connectivity index (χ1n) is 8.79. The highest BCUT2D eigenvalue weighted by molar-refractivity contribution is 5.45. The van der Waals surface area contributed by atoms with E-state index in [0.29, 0.717) is 26.2 Å². The van der Waals surface area contributed by atoms with E-state index >= 15 is 0 Å². The molecule has 1 saturated heterocycles. The molecule has 1 fully saturated rings. The van der Waals surface area contributed by atoms with Crippen LogP contribution < -0.4 is 9.80 Å². The van der Waals surface area contributed by atoms with Crippen LogP contribution in [0.3, 0.4) is 0 Å². The summed E-state index contributed by atoms with van der Waals surface area (Å²) in [6.45, 7) is 4.15. The number of aromatic nitrogens is 5. The SMILES string of the molecule is Cc1nccn1-c1cccc(N2CCN(c3nccc(C(F)(F)F)n3)CC2)n1. The van der Waals surface area contributed by atoms with Gasteiger partial charge < -0.3 is 9.80 Å². The Morgan fingerprint density at radius 2 is 1.57 bits per heavy atom. The molecule has 3 aromatic rings. The lowest BCUT2D eigenvalue weighted by atomic mass is 10.3. The summed E-state index contributed by atoms with van der Waals surface area (Å²) in [6.07, 6.45) is 0.243. The number of aryl methyl sites for hydroxylation is 1. The summed E-state index contributed by atoms with van der Waals surface area (Å²) in [4.78, 5) is 20.4. The monoisotopic (exact) mass is 389 g/mol. The molecule has 0 radical (unpaired) electrons. The number of halogens is 3. The van der Waals surface area contributed by atoms with Gasteiger partial charge in [0.25, 0.3) is 0 Å². The summed E-state index contributed by atoms with van der Waals surface area (Å²) in [5.74, 6) is 2.53. The summed E-state index contributed by atoms with van der Waals surface area (Å²) < 4.78 is 40.5. The van der Waals surface area contributed by atoms with Gasteiger partial charge in [0.15, 0.2) is 0 Å². The first-order chi connectivity index (χ1) is 13.4. The summed E-state index contributed by atoms with van der Waals surface area (Å²) in [5.41, 5.74) is -0.926. The highest BCUT2D eigenvalue weighted by Crippen LogP contribution is 2.28. The van der Waals surface area contributed by atoms with Crippen molar-refractivity contribution in [1.29, 1.82) is 0 Å². The van der Waals surface area contributed by atoms with Gasteiger partial charge in [0.2, 0.25) is 5.95 Å². The van der Waals surface area contributed by atoms with Crippen molar-refractivity contribution in [3.63, 3.8) is 0 Å². The maximum absolute atomic E-state index is 12.9. The van der Waals surface area contributed by atoms with Crippen LogP contribution in [0.1, 0.15) is 11.5 Å². The van der Waals surface area contributed by atoms with E-state index in [-0.39, 0.29) is 5.95 Å². The number of pyridine rings is 1. The van der Waals surface area contributed by atoms with Gasteiger partial charge in [-0.15, -0.1) is 0 Å². The van der Waals surface area contributed by atoms with E-state index in [1.54, 1.807) is 11.1 Å². The standard InChI is InChI=1S/C18H18F3N7/c1-13-22-7-8-28(13)16-4-2-3-15(25-16)26-9-11-27(12-10-26)17-23-6-5-14(24-17)18(19,20)21/h2-8H,9-12H2,1H3. The Bertz CT molecular complexity index is 962. The number of alkyl halides is 3. The second-order valence-electron chi connectivity index (χ2n) is 6.41. The first-order valence-corrected chi connectivity index (χ1v) is 8.79. The predicted octanol–water partition coefficient (Wildman–Crippen LogP) is 2.71. The molecular weight excluding hydrogens is 371 g/mol. The Morgan fingerprint density at radius 1 is 0.857 bits per heavy atom. The van der Waals surface area contributed by atoms with E-state index in [1.807, 2.05) is 35.9 Å². The van der Waals surface area contributed by atoms with Crippen molar-refractivity contribution in [2.45, 2.75) is 13.1 Å². The van der Waals surface area contributed by atoms with Crippen molar-refractivity contribution in [2.24, 2.45) is 0 Å². The number of imidazole rings is 1. The van der Waals surface area contributed by atoms with Gasteiger partial charge in [-0.3, -0.25) is 4.57 Å². The lowest BCUT2D eigenvalue weighted by molar-refractivity contribution is -0.141. The van der Waals surface area contributed by atoms with Gasteiger partial charge in [-0.25, -0.2) is 19.9 Å². The molecule has 28 heavy (non-hydrogen) atoms. The minimum Gasteiger partial charge on any atom is -0.353 e. The molecule has 0 spiro atoms. The molecule has 7 nitrogen and oxygen atoms in total. The molecular formula is C18H18F3N7. The zero-order chi connectivity index (χ0) is 19.7. The van der Waals surface area contributed by atoms with Crippen molar-refractivity contribution in [2.75, 3.05) is 36.0 Å². The summed E-state index contributed by atoms with van der Waals surface area (Å²) in [7, 11) is 0. The fourth-order valence-corrected chi connectivity index (χ4v) is 3.14. The quantitative estimate of drug-likeness (QED) is 0.687. The number of hydrogen-bond donors (Lipinski definition) is 0. The molecule has 146 valence electrons. The van der Waals surface area contributed by atoms with Gasteiger partial charge in [0.1, 0.15) is 23.2 Å². The molecule has 0 atom stereocenters. The molecule has 3 aromatic heterocycles. The highest BCUT2D eigenvalue weighted by atomic mass is 19.4. The maximum Gasteiger partial charge on any atom is 0.433 e. The second-order valence-corrected chi connectivity index (χ2v) is 6.41. The van der Waals surface area contributed by atoms with E-state index in [0.717, 1.165) is 29.7 Å². The van der Waals surface area contributed by atoms with Crippen molar-refractivity contribution in [1.82, 2.24) is 24.5 Å². The Hall–Kier alpha value is -3.17. The lowest BCUT2D eigenvalue weighted by Crippen LogP contribution is -2.47. The van der Waals surface area contributed by atoms with Crippen molar-refractivity contribution in [3.8, 4) is 5.82 Å². The molecule has 0 unspecified atom stereocenters. The minimum atomic E-state index is -4.48. The van der Waals surface area contributed by atoms with Gasteiger partial charge in [0.05, 0.1) is 0 Å². The number of nitrogens with zero attached hydrogens (tertiary/aromatic N) is 7. The molecule has 1 aliphatic rings. The Morgan fingerprint density at radius 3 is 2.25 bits per heavy atom. The average Bonchev–Trinajstić information content (AvgIpc) is 3.14. The van der Waals surface area contributed by atoms with Crippen LogP contribution in [0.2, 0.25) is 0 Å². The molecule has 0 bridgehead atoms. The lowest BCUT2D eigenvalue weighted by Gasteiger charge is -2.35. The third kappa shape index (κ3) is 3.62. The molecule has 4 heterocycles. The molecule has 10 heteroatoms. The van der Waals surface area contributed by atoms with Crippen LogP contribution >= 0.6 is 0 Å². The van der Waals surface area contributed by atoms with Gasteiger partial charge in [-0.05, 0) is 25.1 Å². The van der Waals surface area contributed by atoms with Gasteiger partial charge in [0, 0.05) is 44.8 Å². The Kier molecular flexibility index (Phi) is 4.62. The molecule has 0 aliphatic carbocycles. The van der Waals surface area contributed by atoms with Crippen LogP contribution in [0.4, 0.5) is 24.9 Å². The fourth-order valence-electron chi connectivity index (χ4n) is 3.14. The largest absolute Gasteiger partial charge is 0.433 e. The average molecular weight is 389 g/mol. The van der Waals surface area contributed by atoms with Crippen LogP contribution in [0, 0.1) is 6.92 Å². The van der Waals surface area contributed by atoms with E-state index in [1.165, 1.54) is 0 Å². The molecule has 0 amide bonds. The molecule has 0 aromatic carbocycles. The minimum absolute atomic E-state index is 0.102. The van der Waals surface area contributed by atoms with Crippen molar-refractivity contribution >= 4 is 11.8 Å².